The molecule has 0 bridgehead atoms. The Bertz CT molecular complexity index is 580. The lowest BCUT2D eigenvalue weighted by molar-refractivity contribution is 0.114. The quantitative estimate of drug-likeness (QED) is 0.847. The summed E-state index contributed by atoms with van der Waals surface area (Å²) < 4.78 is 19.0. The van der Waals surface area contributed by atoms with Gasteiger partial charge >= 0.3 is 0 Å². The normalized spacial score (nSPS) is 15.5. The number of halogens is 1. The molecule has 0 radical (unpaired) electrons. The maximum absolute atomic E-state index is 13.6. The minimum Gasteiger partial charge on any atom is -0.455 e. The maximum atomic E-state index is 13.6. The molecular weight excluding hydrogens is 255 g/mol. The van der Waals surface area contributed by atoms with Crippen molar-refractivity contribution in [1.82, 2.24) is 0 Å². The van der Waals surface area contributed by atoms with Gasteiger partial charge < -0.3 is 9.52 Å². The van der Waals surface area contributed by atoms with Gasteiger partial charge in [-0.3, -0.25) is 0 Å². The summed E-state index contributed by atoms with van der Waals surface area (Å²) in [5.41, 5.74) is 0.462. The van der Waals surface area contributed by atoms with Gasteiger partial charge in [-0.15, -0.1) is 0 Å². The third-order valence-corrected chi connectivity index (χ3v) is 3.43. The molecule has 1 N–H and O–H groups in total. The summed E-state index contributed by atoms with van der Waals surface area (Å²) in [6.45, 7) is 8.68. The van der Waals surface area contributed by atoms with Crippen LogP contribution in [0.1, 0.15) is 52.4 Å². The minimum absolute atomic E-state index is 0.227. The molecular formula is C17H23FO2. The largest absolute Gasteiger partial charge is 0.455 e. The van der Waals surface area contributed by atoms with Crippen molar-refractivity contribution in [2.75, 3.05) is 0 Å². The van der Waals surface area contributed by atoms with E-state index in [4.69, 9.17) is 4.42 Å². The fraction of sp³-hybridized carbons (Fsp3) is 0.529. The number of benzene rings is 1. The van der Waals surface area contributed by atoms with Crippen LogP contribution in [0.5, 0.6) is 0 Å². The van der Waals surface area contributed by atoms with Crippen molar-refractivity contribution < 1.29 is 13.9 Å². The first-order chi connectivity index (χ1) is 9.26. The predicted octanol–water partition coefficient (Wildman–Crippen LogP) is 5.07. The fourth-order valence-electron chi connectivity index (χ4n) is 2.84. The number of aliphatic hydroxyl groups is 1. The molecule has 0 fully saturated rings. The first kappa shape index (κ1) is 15.0. The third-order valence-electron chi connectivity index (χ3n) is 3.43. The number of hydrogen-bond acceptors (Lipinski definition) is 2. The summed E-state index contributed by atoms with van der Waals surface area (Å²) >= 11 is 0. The van der Waals surface area contributed by atoms with E-state index in [0.717, 1.165) is 6.42 Å². The molecule has 2 atom stereocenters. The van der Waals surface area contributed by atoms with Gasteiger partial charge in [-0.25, -0.2) is 4.39 Å². The molecule has 2 aromatic rings. The van der Waals surface area contributed by atoms with Crippen LogP contribution in [0, 0.1) is 17.2 Å². The molecule has 20 heavy (non-hydrogen) atoms. The van der Waals surface area contributed by atoms with Gasteiger partial charge in [-0.05, 0) is 36.3 Å². The Balaban J connectivity index is 2.11. The Morgan fingerprint density at radius 2 is 2.00 bits per heavy atom. The van der Waals surface area contributed by atoms with Crippen LogP contribution in [-0.2, 0) is 0 Å². The van der Waals surface area contributed by atoms with Crippen LogP contribution in [0.15, 0.2) is 28.7 Å². The van der Waals surface area contributed by atoms with Crippen molar-refractivity contribution in [2.24, 2.45) is 11.3 Å². The van der Waals surface area contributed by atoms with Crippen molar-refractivity contribution in [3.8, 4) is 0 Å². The predicted molar refractivity (Wildman–Crippen MR) is 79.0 cm³/mol. The van der Waals surface area contributed by atoms with E-state index >= 15 is 0 Å². The van der Waals surface area contributed by atoms with Gasteiger partial charge in [0.1, 0.15) is 11.9 Å². The Morgan fingerprint density at radius 1 is 1.30 bits per heavy atom. The van der Waals surface area contributed by atoms with Crippen LogP contribution in [0.4, 0.5) is 4.39 Å². The lowest BCUT2D eigenvalue weighted by Crippen LogP contribution is -2.13. The van der Waals surface area contributed by atoms with Crippen molar-refractivity contribution in [2.45, 2.75) is 46.6 Å². The van der Waals surface area contributed by atoms with Crippen LogP contribution in [0.25, 0.3) is 11.0 Å². The highest BCUT2D eigenvalue weighted by Crippen LogP contribution is 2.33. The molecule has 1 heterocycles. The highest BCUT2D eigenvalue weighted by Gasteiger charge is 2.21. The molecule has 2 rings (SSSR count). The highest BCUT2D eigenvalue weighted by atomic mass is 19.1. The summed E-state index contributed by atoms with van der Waals surface area (Å²) in [4.78, 5) is 0. The smallest absolute Gasteiger partial charge is 0.170 e. The second kappa shape index (κ2) is 5.57. The second-order valence-electron chi connectivity index (χ2n) is 6.93. The lowest BCUT2D eigenvalue weighted by atomic mass is 9.83. The van der Waals surface area contributed by atoms with Gasteiger partial charge in [0.25, 0.3) is 0 Å². The molecule has 2 nitrogen and oxygen atoms in total. The molecule has 0 spiro atoms. The number of para-hydroxylation sites is 1. The van der Waals surface area contributed by atoms with E-state index in [1.807, 2.05) is 0 Å². The fourth-order valence-corrected chi connectivity index (χ4v) is 2.84. The molecule has 0 aliphatic carbocycles. The Hall–Kier alpha value is -1.35. The van der Waals surface area contributed by atoms with Gasteiger partial charge in [0.05, 0.1) is 0 Å². The van der Waals surface area contributed by atoms with E-state index in [2.05, 4.69) is 27.7 Å². The van der Waals surface area contributed by atoms with E-state index in [9.17, 15) is 9.50 Å². The van der Waals surface area contributed by atoms with Crippen molar-refractivity contribution in [3.05, 3.63) is 35.8 Å². The maximum Gasteiger partial charge on any atom is 0.170 e. The highest BCUT2D eigenvalue weighted by molar-refractivity contribution is 5.78. The van der Waals surface area contributed by atoms with Crippen LogP contribution in [0.3, 0.4) is 0 Å². The number of rotatable bonds is 4. The standard InChI is InChI=1S/C17H23FO2/c1-11(10-17(2,3)4)8-14(19)15-9-12-6-5-7-13(18)16(12)20-15/h5-7,9,11,14,19H,8,10H2,1-4H3. The Labute approximate surface area is 119 Å². The van der Waals surface area contributed by atoms with E-state index in [1.54, 1.807) is 18.2 Å². The van der Waals surface area contributed by atoms with Crippen LogP contribution in [0.2, 0.25) is 0 Å². The first-order valence-electron chi connectivity index (χ1n) is 7.12. The molecule has 2 unspecified atom stereocenters. The average molecular weight is 278 g/mol. The van der Waals surface area contributed by atoms with E-state index < -0.39 is 6.10 Å². The molecule has 1 aromatic heterocycles. The monoisotopic (exact) mass is 278 g/mol. The zero-order valence-electron chi connectivity index (χ0n) is 12.6. The van der Waals surface area contributed by atoms with Gasteiger partial charge in [0, 0.05) is 5.39 Å². The van der Waals surface area contributed by atoms with Crippen molar-refractivity contribution >= 4 is 11.0 Å². The van der Waals surface area contributed by atoms with Crippen molar-refractivity contribution in [1.29, 1.82) is 0 Å². The molecule has 3 heteroatoms. The Kier molecular flexibility index (Phi) is 4.19. The van der Waals surface area contributed by atoms with Crippen LogP contribution in [-0.4, -0.2) is 5.11 Å². The van der Waals surface area contributed by atoms with E-state index in [1.165, 1.54) is 6.07 Å². The number of furan rings is 1. The van der Waals surface area contributed by atoms with Crippen molar-refractivity contribution in [3.63, 3.8) is 0 Å². The minimum atomic E-state index is -0.681. The summed E-state index contributed by atoms with van der Waals surface area (Å²) in [6, 6.07) is 6.53. The zero-order chi connectivity index (χ0) is 14.9. The topological polar surface area (TPSA) is 33.4 Å². The second-order valence-corrected chi connectivity index (χ2v) is 6.93. The van der Waals surface area contributed by atoms with Gasteiger partial charge in [-0.2, -0.15) is 0 Å². The molecule has 0 aliphatic rings. The lowest BCUT2D eigenvalue weighted by Gasteiger charge is -2.24. The molecule has 1 aromatic carbocycles. The first-order valence-corrected chi connectivity index (χ1v) is 7.12. The molecule has 0 amide bonds. The molecule has 0 saturated heterocycles. The Morgan fingerprint density at radius 3 is 2.60 bits per heavy atom. The molecule has 0 aliphatic heterocycles. The SMILES string of the molecule is CC(CC(O)c1cc2cccc(F)c2o1)CC(C)(C)C. The zero-order valence-corrected chi connectivity index (χ0v) is 12.6. The number of fused-ring (bicyclic) bond motifs is 1. The summed E-state index contributed by atoms with van der Waals surface area (Å²) in [7, 11) is 0. The number of hydrogen-bond donors (Lipinski definition) is 1. The summed E-state index contributed by atoms with van der Waals surface area (Å²) in [5.74, 6) is 0.442. The van der Waals surface area contributed by atoms with E-state index in [-0.39, 0.29) is 16.8 Å². The van der Waals surface area contributed by atoms with Crippen LogP contribution >= 0.6 is 0 Å². The third kappa shape index (κ3) is 3.60. The van der Waals surface area contributed by atoms with Crippen LogP contribution < -0.4 is 0 Å². The van der Waals surface area contributed by atoms with Gasteiger partial charge in [0.15, 0.2) is 11.4 Å². The van der Waals surface area contributed by atoms with Gasteiger partial charge in [-0.1, -0.05) is 39.8 Å². The molecule has 0 saturated carbocycles. The summed E-state index contributed by atoms with van der Waals surface area (Å²) in [5, 5.41) is 11.0. The summed E-state index contributed by atoms with van der Waals surface area (Å²) in [6.07, 6.45) is 0.969. The van der Waals surface area contributed by atoms with E-state index in [0.29, 0.717) is 23.5 Å². The van der Waals surface area contributed by atoms with Gasteiger partial charge in [0.2, 0.25) is 0 Å². The number of aliphatic hydroxyl groups excluding tert-OH is 1. The molecule has 110 valence electrons. The average Bonchev–Trinajstić information content (AvgIpc) is 2.71.